The lowest BCUT2D eigenvalue weighted by atomic mass is 10.1. The normalized spacial score (nSPS) is 13.2. The zero-order valence-electron chi connectivity index (χ0n) is 9.05. The maximum absolute atomic E-state index is 11.3. The highest BCUT2D eigenvalue weighted by Gasteiger charge is 2.17. The van der Waals surface area contributed by atoms with Crippen LogP contribution in [0.3, 0.4) is 0 Å². The molecule has 0 aromatic heterocycles. The summed E-state index contributed by atoms with van der Waals surface area (Å²) in [6, 6.07) is -0.574. The van der Waals surface area contributed by atoms with Crippen molar-refractivity contribution in [3.8, 4) is 0 Å². The maximum atomic E-state index is 11.3. The number of aliphatic hydroxyl groups is 1. The third-order valence-electron chi connectivity index (χ3n) is 1.51. The molecule has 0 aliphatic heterocycles. The Bertz CT molecular complexity index is 221. The summed E-state index contributed by atoms with van der Waals surface area (Å²) >= 11 is 0. The summed E-state index contributed by atoms with van der Waals surface area (Å²) in [6.07, 6.45) is 0. The molecule has 0 spiro atoms. The van der Waals surface area contributed by atoms with Crippen molar-refractivity contribution in [1.82, 2.24) is 10.6 Å². The van der Waals surface area contributed by atoms with Gasteiger partial charge in [-0.1, -0.05) is 0 Å². The fourth-order valence-corrected chi connectivity index (χ4v) is 0.827. The second-order valence-electron chi connectivity index (χ2n) is 3.95. The van der Waals surface area contributed by atoms with Crippen molar-refractivity contribution < 1.29 is 14.7 Å². The quantitative estimate of drug-likeness (QED) is 0.569. The molecule has 0 bridgehead atoms. The Morgan fingerprint density at radius 2 is 1.93 bits per heavy atom. The van der Waals surface area contributed by atoms with Crippen molar-refractivity contribution in [2.45, 2.75) is 39.3 Å². The van der Waals surface area contributed by atoms with Crippen LogP contribution in [0, 0.1) is 0 Å². The van der Waals surface area contributed by atoms with Gasteiger partial charge in [0.1, 0.15) is 6.04 Å². The van der Waals surface area contributed by atoms with E-state index in [1.165, 1.54) is 6.92 Å². The van der Waals surface area contributed by atoms with E-state index in [2.05, 4.69) is 10.6 Å². The van der Waals surface area contributed by atoms with Gasteiger partial charge < -0.3 is 15.7 Å². The Morgan fingerprint density at radius 1 is 1.43 bits per heavy atom. The van der Waals surface area contributed by atoms with Crippen LogP contribution in [0.1, 0.15) is 27.7 Å². The molecule has 0 saturated carbocycles. The molecule has 0 radical (unpaired) electrons. The van der Waals surface area contributed by atoms with Crippen LogP contribution in [0.15, 0.2) is 0 Å². The van der Waals surface area contributed by atoms with Crippen molar-refractivity contribution in [2.75, 3.05) is 6.54 Å². The van der Waals surface area contributed by atoms with Crippen LogP contribution in [-0.4, -0.2) is 35.1 Å². The summed E-state index contributed by atoms with van der Waals surface area (Å²) in [6.45, 7) is 6.28. The first-order valence-electron chi connectivity index (χ1n) is 4.49. The van der Waals surface area contributed by atoms with Crippen molar-refractivity contribution in [2.24, 2.45) is 0 Å². The molecule has 0 saturated heterocycles. The second kappa shape index (κ2) is 4.95. The van der Waals surface area contributed by atoms with E-state index < -0.39 is 11.6 Å². The van der Waals surface area contributed by atoms with E-state index in [9.17, 15) is 14.7 Å². The molecule has 0 rings (SSSR count). The van der Waals surface area contributed by atoms with E-state index in [-0.39, 0.29) is 18.4 Å². The minimum atomic E-state index is -0.939. The second-order valence-corrected chi connectivity index (χ2v) is 3.95. The third kappa shape index (κ3) is 6.42. The highest BCUT2D eigenvalue weighted by Crippen LogP contribution is 1.97. The molecule has 1 atom stereocenters. The van der Waals surface area contributed by atoms with Crippen LogP contribution in [0.4, 0.5) is 0 Å². The molecule has 0 aliphatic carbocycles. The monoisotopic (exact) mass is 202 g/mol. The average molecular weight is 202 g/mol. The van der Waals surface area contributed by atoms with E-state index in [0.717, 1.165) is 0 Å². The van der Waals surface area contributed by atoms with E-state index in [0.29, 0.717) is 0 Å². The lowest BCUT2D eigenvalue weighted by Crippen LogP contribution is -2.47. The molecule has 1 unspecified atom stereocenters. The van der Waals surface area contributed by atoms with Gasteiger partial charge in [-0.3, -0.25) is 9.59 Å². The number of carbonyl (C=O) groups excluding carboxylic acids is 2. The lowest BCUT2D eigenvalue weighted by Gasteiger charge is -2.19. The predicted octanol–water partition coefficient (Wildman–Crippen LogP) is -0.602. The van der Waals surface area contributed by atoms with Crippen LogP contribution in [-0.2, 0) is 9.59 Å². The summed E-state index contributed by atoms with van der Waals surface area (Å²) in [5.74, 6) is -0.557. The summed E-state index contributed by atoms with van der Waals surface area (Å²) in [5.41, 5.74) is -0.939. The largest absolute Gasteiger partial charge is 0.389 e. The van der Waals surface area contributed by atoms with Crippen molar-refractivity contribution in [3.05, 3.63) is 0 Å². The van der Waals surface area contributed by atoms with Gasteiger partial charge in [0.15, 0.2) is 0 Å². The van der Waals surface area contributed by atoms with Gasteiger partial charge in [-0.25, -0.2) is 0 Å². The summed E-state index contributed by atoms with van der Waals surface area (Å²) in [4.78, 5) is 21.9. The minimum Gasteiger partial charge on any atom is -0.389 e. The number of carbonyl (C=O) groups is 2. The number of hydrogen-bond acceptors (Lipinski definition) is 3. The zero-order chi connectivity index (χ0) is 11.4. The number of nitrogens with one attached hydrogen (secondary N) is 2. The molecule has 0 heterocycles. The van der Waals surface area contributed by atoms with E-state index in [4.69, 9.17) is 0 Å². The molecule has 82 valence electrons. The summed E-state index contributed by atoms with van der Waals surface area (Å²) in [5, 5.41) is 14.3. The van der Waals surface area contributed by atoms with Gasteiger partial charge >= 0.3 is 0 Å². The van der Waals surface area contributed by atoms with Gasteiger partial charge in [-0.2, -0.15) is 0 Å². The Kier molecular flexibility index (Phi) is 4.56. The first-order valence-corrected chi connectivity index (χ1v) is 4.49. The molecular weight excluding hydrogens is 184 g/mol. The van der Waals surface area contributed by atoms with Crippen molar-refractivity contribution in [3.63, 3.8) is 0 Å². The standard InChI is InChI=1S/C9H18N2O3/c1-6(11-7(2)12)8(13)10-5-9(3,4)14/h6,14H,5H2,1-4H3,(H,10,13)(H,11,12). The van der Waals surface area contributed by atoms with Crippen LogP contribution in [0.5, 0.6) is 0 Å². The van der Waals surface area contributed by atoms with Crippen LogP contribution < -0.4 is 10.6 Å². The van der Waals surface area contributed by atoms with Gasteiger partial charge in [-0.15, -0.1) is 0 Å². The Labute approximate surface area is 83.9 Å². The topological polar surface area (TPSA) is 78.4 Å². The molecule has 3 N–H and O–H groups in total. The fraction of sp³-hybridized carbons (Fsp3) is 0.778. The van der Waals surface area contributed by atoms with E-state index in [1.807, 2.05) is 0 Å². The van der Waals surface area contributed by atoms with Gasteiger partial charge in [0, 0.05) is 13.5 Å². The molecular formula is C9H18N2O3. The molecule has 0 aromatic carbocycles. The van der Waals surface area contributed by atoms with Crippen molar-refractivity contribution >= 4 is 11.8 Å². The average Bonchev–Trinajstić information content (AvgIpc) is 1.97. The highest BCUT2D eigenvalue weighted by atomic mass is 16.3. The third-order valence-corrected chi connectivity index (χ3v) is 1.51. The van der Waals surface area contributed by atoms with E-state index in [1.54, 1.807) is 20.8 Å². The maximum Gasteiger partial charge on any atom is 0.242 e. The molecule has 14 heavy (non-hydrogen) atoms. The lowest BCUT2D eigenvalue weighted by molar-refractivity contribution is -0.128. The van der Waals surface area contributed by atoms with E-state index >= 15 is 0 Å². The first kappa shape index (κ1) is 12.9. The zero-order valence-corrected chi connectivity index (χ0v) is 9.05. The predicted molar refractivity (Wildman–Crippen MR) is 52.6 cm³/mol. The summed E-state index contributed by atoms with van der Waals surface area (Å²) in [7, 11) is 0. The molecule has 0 aromatic rings. The van der Waals surface area contributed by atoms with Crippen LogP contribution >= 0.6 is 0 Å². The SMILES string of the molecule is CC(=O)NC(C)C(=O)NCC(C)(C)O. The Balaban J connectivity index is 3.91. The van der Waals surface area contributed by atoms with Gasteiger partial charge in [-0.05, 0) is 20.8 Å². The van der Waals surface area contributed by atoms with Gasteiger partial charge in [0.2, 0.25) is 11.8 Å². The number of hydrogen-bond donors (Lipinski definition) is 3. The molecule has 5 nitrogen and oxygen atoms in total. The molecule has 2 amide bonds. The fourth-order valence-electron chi connectivity index (χ4n) is 0.827. The van der Waals surface area contributed by atoms with Gasteiger partial charge in [0.05, 0.1) is 5.60 Å². The van der Waals surface area contributed by atoms with Crippen LogP contribution in [0.25, 0.3) is 0 Å². The van der Waals surface area contributed by atoms with Crippen molar-refractivity contribution in [1.29, 1.82) is 0 Å². The Morgan fingerprint density at radius 3 is 2.29 bits per heavy atom. The first-order chi connectivity index (χ1) is 6.22. The number of amides is 2. The summed E-state index contributed by atoms with van der Waals surface area (Å²) < 4.78 is 0. The van der Waals surface area contributed by atoms with Crippen LogP contribution in [0.2, 0.25) is 0 Å². The molecule has 0 aliphatic rings. The number of rotatable bonds is 4. The Hall–Kier alpha value is -1.10. The smallest absolute Gasteiger partial charge is 0.242 e. The molecule has 0 fully saturated rings. The van der Waals surface area contributed by atoms with Gasteiger partial charge in [0.25, 0.3) is 0 Å². The highest BCUT2D eigenvalue weighted by molar-refractivity contribution is 5.86. The minimum absolute atomic E-state index is 0.162. The molecule has 5 heteroatoms.